The van der Waals surface area contributed by atoms with E-state index in [1.165, 1.54) is 0 Å². The molecule has 2 aromatic carbocycles. The summed E-state index contributed by atoms with van der Waals surface area (Å²) in [6.45, 7) is 6.41. The fraction of sp³-hybridized carbons (Fsp3) is 0.364. The first kappa shape index (κ1) is 19.0. The standard InChI is InChI=1S/C22H26N2O3/c1-17(2)18-7-6-8-19(15-18)22(26)24-13-11-23(12-14-24)21(25)16-27-20-9-4-3-5-10-20/h3-10,15,17H,11-14,16H2,1-2H3. The van der Waals surface area contributed by atoms with E-state index in [0.717, 1.165) is 5.56 Å². The second-order valence-electron chi connectivity index (χ2n) is 7.05. The van der Waals surface area contributed by atoms with Crippen molar-refractivity contribution in [3.05, 3.63) is 65.7 Å². The molecule has 0 saturated carbocycles. The molecule has 27 heavy (non-hydrogen) atoms. The predicted molar refractivity (Wildman–Crippen MR) is 105 cm³/mol. The molecule has 0 radical (unpaired) electrons. The van der Waals surface area contributed by atoms with Crippen LogP contribution in [0.2, 0.25) is 0 Å². The number of carbonyl (C=O) groups excluding carboxylic acids is 2. The summed E-state index contributed by atoms with van der Waals surface area (Å²) in [7, 11) is 0. The Bertz CT molecular complexity index is 781. The van der Waals surface area contributed by atoms with Gasteiger partial charge in [0, 0.05) is 31.7 Å². The van der Waals surface area contributed by atoms with Gasteiger partial charge in [-0.15, -0.1) is 0 Å². The van der Waals surface area contributed by atoms with E-state index in [1.54, 1.807) is 4.90 Å². The number of hydrogen-bond donors (Lipinski definition) is 0. The van der Waals surface area contributed by atoms with E-state index in [-0.39, 0.29) is 18.4 Å². The monoisotopic (exact) mass is 366 g/mol. The van der Waals surface area contributed by atoms with Gasteiger partial charge < -0.3 is 14.5 Å². The van der Waals surface area contributed by atoms with Gasteiger partial charge in [0.1, 0.15) is 5.75 Å². The highest BCUT2D eigenvalue weighted by Crippen LogP contribution is 2.17. The van der Waals surface area contributed by atoms with Crippen LogP contribution in [0, 0.1) is 0 Å². The average molecular weight is 366 g/mol. The van der Waals surface area contributed by atoms with Crippen LogP contribution in [0.1, 0.15) is 35.7 Å². The molecule has 3 rings (SSSR count). The Morgan fingerprint density at radius 1 is 0.926 bits per heavy atom. The maximum Gasteiger partial charge on any atom is 0.260 e. The molecule has 1 aliphatic heterocycles. The van der Waals surface area contributed by atoms with Gasteiger partial charge in [-0.2, -0.15) is 0 Å². The topological polar surface area (TPSA) is 49.9 Å². The third kappa shape index (κ3) is 4.88. The Balaban J connectivity index is 1.51. The van der Waals surface area contributed by atoms with Crippen LogP contribution in [0.15, 0.2) is 54.6 Å². The third-order valence-electron chi connectivity index (χ3n) is 4.83. The molecule has 0 bridgehead atoms. The maximum absolute atomic E-state index is 12.8. The van der Waals surface area contributed by atoms with Gasteiger partial charge in [0.2, 0.25) is 0 Å². The Morgan fingerprint density at radius 3 is 2.26 bits per heavy atom. The zero-order valence-electron chi connectivity index (χ0n) is 15.9. The van der Waals surface area contributed by atoms with Crippen LogP contribution in [0.4, 0.5) is 0 Å². The molecule has 1 saturated heterocycles. The molecule has 0 N–H and O–H groups in total. The minimum Gasteiger partial charge on any atom is -0.484 e. The lowest BCUT2D eigenvalue weighted by Crippen LogP contribution is -2.51. The summed E-state index contributed by atoms with van der Waals surface area (Å²) in [5.41, 5.74) is 1.88. The summed E-state index contributed by atoms with van der Waals surface area (Å²) in [6, 6.07) is 17.1. The van der Waals surface area contributed by atoms with E-state index in [1.807, 2.05) is 59.5 Å². The molecule has 1 aliphatic rings. The Hall–Kier alpha value is -2.82. The lowest BCUT2D eigenvalue weighted by atomic mass is 10.0. The average Bonchev–Trinajstić information content (AvgIpc) is 2.72. The van der Waals surface area contributed by atoms with Crippen molar-refractivity contribution >= 4 is 11.8 Å². The van der Waals surface area contributed by atoms with Crippen LogP contribution in [0.3, 0.4) is 0 Å². The molecule has 0 aromatic heterocycles. The van der Waals surface area contributed by atoms with Gasteiger partial charge in [-0.25, -0.2) is 0 Å². The Kier molecular flexibility index (Phi) is 6.12. The van der Waals surface area contributed by atoms with Gasteiger partial charge in [-0.05, 0) is 35.7 Å². The SMILES string of the molecule is CC(C)c1cccc(C(=O)N2CCN(C(=O)COc3ccccc3)CC2)c1. The van der Waals surface area contributed by atoms with Crippen LogP contribution < -0.4 is 4.74 Å². The quantitative estimate of drug-likeness (QED) is 0.817. The predicted octanol–water partition coefficient (Wildman–Crippen LogP) is 3.17. The van der Waals surface area contributed by atoms with E-state index >= 15 is 0 Å². The number of ether oxygens (including phenoxy) is 1. The lowest BCUT2D eigenvalue weighted by molar-refractivity contribution is -0.134. The first-order valence-corrected chi connectivity index (χ1v) is 9.39. The summed E-state index contributed by atoms with van der Waals surface area (Å²) < 4.78 is 5.53. The van der Waals surface area contributed by atoms with Gasteiger partial charge in [-0.1, -0.05) is 44.2 Å². The summed E-state index contributed by atoms with van der Waals surface area (Å²) in [5.74, 6) is 1.06. The first-order chi connectivity index (χ1) is 13.0. The van der Waals surface area contributed by atoms with Crippen molar-refractivity contribution in [3.63, 3.8) is 0 Å². The summed E-state index contributed by atoms with van der Waals surface area (Å²) in [4.78, 5) is 28.7. The molecule has 1 fully saturated rings. The zero-order chi connectivity index (χ0) is 19.2. The summed E-state index contributed by atoms with van der Waals surface area (Å²) >= 11 is 0. The number of para-hydroxylation sites is 1. The highest BCUT2D eigenvalue weighted by molar-refractivity contribution is 5.94. The fourth-order valence-electron chi connectivity index (χ4n) is 3.13. The zero-order valence-corrected chi connectivity index (χ0v) is 15.9. The van der Waals surface area contributed by atoms with Crippen LogP contribution in [0.5, 0.6) is 5.75 Å². The molecular formula is C22H26N2O3. The van der Waals surface area contributed by atoms with Crippen LogP contribution in [-0.2, 0) is 4.79 Å². The van der Waals surface area contributed by atoms with Crippen molar-refractivity contribution in [1.29, 1.82) is 0 Å². The lowest BCUT2D eigenvalue weighted by Gasteiger charge is -2.34. The van der Waals surface area contributed by atoms with Crippen LogP contribution >= 0.6 is 0 Å². The number of hydrogen-bond acceptors (Lipinski definition) is 3. The molecule has 0 atom stereocenters. The van der Waals surface area contributed by atoms with Crippen molar-refractivity contribution in [2.45, 2.75) is 19.8 Å². The van der Waals surface area contributed by atoms with E-state index in [4.69, 9.17) is 4.74 Å². The molecular weight excluding hydrogens is 340 g/mol. The second-order valence-corrected chi connectivity index (χ2v) is 7.05. The highest BCUT2D eigenvalue weighted by Gasteiger charge is 2.25. The van der Waals surface area contributed by atoms with E-state index < -0.39 is 0 Å². The van der Waals surface area contributed by atoms with Crippen molar-refractivity contribution in [2.75, 3.05) is 32.8 Å². The molecule has 5 heteroatoms. The van der Waals surface area contributed by atoms with Gasteiger partial charge in [0.05, 0.1) is 0 Å². The molecule has 2 amide bonds. The Labute approximate surface area is 160 Å². The fourth-order valence-corrected chi connectivity index (χ4v) is 3.13. The molecule has 142 valence electrons. The van der Waals surface area contributed by atoms with Crippen molar-refractivity contribution in [3.8, 4) is 5.75 Å². The Morgan fingerprint density at radius 2 is 1.59 bits per heavy atom. The van der Waals surface area contributed by atoms with Crippen molar-refractivity contribution in [1.82, 2.24) is 9.80 Å². The van der Waals surface area contributed by atoms with Gasteiger partial charge in [0.15, 0.2) is 6.61 Å². The molecule has 2 aromatic rings. The van der Waals surface area contributed by atoms with Gasteiger partial charge in [-0.3, -0.25) is 9.59 Å². The number of amides is 2. The number of nitrogens with zero attached hydrogens (tertiary/aromatic N) is 2. The van der Waals surface area contributed by atoms with Gasteiger partial charge >= 0.3 is 0 Å². The number of carbonyl (C=O) groups is 2. The van der Waals surface area contributed by atoms with E-state index in [2.05, 4.69) is 13.8 Å². The molecule has 0 aliphatic carbocycles. The minimum absolute atomic E-state index is 0.0222. The molecule has 5 nitrogen and oxygen atoms in total. The number of rotatable bonds is 5. The molecule has 0 unspecified atom stereocenters. The largest absolute Gasteiger partial charge is 0.484 e. The van der Waals surface area contributed by atoms with Gasteiger partial charge in [0.25, 0.3) is 11.8 Å². The second kappa shape index (κ2) is 8.71. The van der Waals surface area contributed by atoms with E-state index in [9.17, 15) is 9.59 Å². The normalized spacial score (nSPS) is 14.3. The highest BCUT2D eigenvalue weighted by atomic mass is 16.5. The molecule has 1 heterocycles. The smallest absolute Gasteiger partial charge is 0.260 e. The first-order valence-electron chi connectivity index (χ1n) is 9.39. The van der Waals surface area contributed by atoms with Crippen molar-refractivity contribution in [2.24, 2.45) is 0 Å². The third-order valence-corrected chi connectivity index (χ3v) is 4.83. The summed E-state index contributed by atoms with van der Waals surface area (Å²) in [5, 5.41) is 0. The molecule has 0 spiro atoms. The number of benzene rings is 2. The number of piperazine rings is 1. The summed E-state index contributed by atoms with van der Waals surface area (Å²) in [6.07, 6.45) is 0. The van der Waals surface area contributed by atoms with Crippen LogP contribution in [0.25, 0.3) is 0 Å². The minimum atomic E-state index is -0.0484. The van der Waals surface area contributed by atoms with Crippen molar-refractivity contribution < 1.29 is 14.3 Å². The van der Waals surface area contributed by atoms with Crippen LogP contribution in [-0.4, -0.2) is 54.4 Å². The maximum atomic E-state index is 12.8. The van der Waals surface area contributed by atoms with E-state index in [0.29, 0.717) is 43.4 Å².